The summed E-state index contributed by atoms with van der Waals surface area (Å²) in [5, 5.41) is 11.6. The van der Waals surface area contributed by atoms with Gasteiger partial charge in [0.15, 0.2) is 0 Å². The first-order valence-corrected chi connectivity index (χ1v) is 7.83. The first-order chi connectivity index (χ1) is 11.0. The fourth-order valence-electron chi connectivity index (χ4n) is 2.88. The normalized spacial score (nSPS) is 17.6. The number of benzene rings is 1. The van der Waals surface area contributed by atoms with E-state index in [1.807, 2.05) is 17.0 Å². The predicted octanol–water partition coefficient (Wildman–Crippen LogP) is 1.62. The SMILES string of the molecule is CC(=O)NCCC(=O)N1CCC[C@H](c2ccc(C(=O)O)cc2)C1. The average molecular weight is 318 g/mol. The fourth-order valence-corrected chi connectivity index (χ4v) is 2.88. The minimum Gasteiger partial charge on any atom is -0.478 e. The molecular formula is C17H22N2O4. The summed E-state index contributed by atoms with van der Waals surface area (Å²) >= 11 is 0. The highest BCUT2D eigenvalue weighted by Crippen LogP contribution is 2.27. The highest BCUT2D eigenvalue weighted by molar-refractivity contribution is 5.87. The van der Waals surface area contributed by atoms with Gasteiger partial charge in [0.25, 0.3) is 0 Å². The van der Waals surface area contributed by atoms with Crippen LogP contribution in [-0.2, 0) is 9.59 Å². The molecule has 0 aliphatic carbocycles. The Morgan fingerprint density at radius 1 is 1.26 bits per heavy atom. The molecule has 2 amide bonds. The highest BCUT2D eigenvalue weighted by atomic mass is 16.4. The number of nitrogens with zero attached hydrogens (tertiary/aromatic N) is 1. The molecule has 1 aliphatic heterocycles. The quantitative estimate of drug-likeness (QED) is 0.863. The standard InChI is InChI=1S/C17H22N2O4/c1-12(20)18-9-8-16(21)19-10-2-3-15(11-19)13-4-6-14(7-5-13)17(22)23/h4-7,15H,2-3,8-11H2,1H3,(H,18,20)(H,22,23)/t15-/m0/s1. The van der Waals surface area contributed by atoms with Crippen LogP contribution >= 0.6 is 0 Å². The maximum absolute atomic E-state index is 12.2. The molecule has 1 aliphatic rings. The van der Waals surface area contributed by atoms with Crippen molar-refractivity contribution in [3.63, 3.8) is 0 Å². The van der Waals surface area contributed by atoms with Crippen LogP contribution in [0, 0.1) is 0 Å². The summed E-state index contributed by atoms with van der Waals surface area (Å²) in [6.07, 6.45) is 2.23. The number of likely N-dealkylation sites (tertiary alicyclic amines) is 1. The third kappa shape index (κ3) is 4.81. The molecule has 23 heavy (non-hydrogen) atoms. The molecule has 1 heterocycles. The Balaban J connectivity index is 1.93. The van der Waals surface area contributed by atoms with Crippen molar-refractivity contribution in [1.29, 1.82) is 0 Å². The number of hydrogen-bond donors (Lipinski definition) is 2. The van der Waals surface area contributed by atoms with E-state index < -0.39 is 5.97 Å². The van der Waals surface area contributed by atoms with Crippen LogP contribution in [0.25, 0.3) is 0 Å². The van der Waals surface area contributed by atoms with Gasteiger partial charge in [0.2, 0.25) is 11.8 Å². The van der Waals surface area contributed by atoms with Gasteiger partial charge in [-0.3, -0.25) is 9.59 Å². The van der Waals surface area contributed by atoms with Crippen LogP contribution < -0.4 is 5.32 Å². The number of carboxylic acid groups (broad SMARTS) is 1. The lowest BCUT2D eigenvalue weighted by molar-refractivity contribution is -0.132. The first kappa shape index (κ1) is 17.0. The molecule has 1 aromatic rings. The van der Waals surface area contributed by atoms with Gasteiger partial charge < -0.3 is 15.3 Å². The number of amides is 2. The van der Waals surface area contributed by atoms with Crippen LogP contribution in [0.3, 0.4) is 0 Å². The largest absolute Gasteiger partial charge is 0.478 e. The predicted molar refractivity (Wildman–Crippen MR) is 85.3 cm³/mol. The van der Waals surface area contributed by atoms with Crippen molar-refractivity contribution in [2.24, 2.45) is 0 Å². The second-order valence-electron chi connectivity index (χ2n) is 5.84. The molecule has 0 saturated carbocycles. The third-order valence-electron chi connectivity index (χ3n) is 4.12. The van der Waals surface area contributed by atoms with E-state index in [1.165, 1.54) is 6.92 Å². The molecule has 0 spiro atoms. The zero-order chi connectivity index (χ0) is 16.8. The summed E-state index contributed by atoms with van der Waals surface area (Å²) in [7, 11) is 0. The van der Waals surface area contributed by atoms with Gasteiger partial charge >= 0.3 is 5.97 Å². The van der Waals surface area contributed by atoms with Crippen molar-refractivity contribution in [2.75, 3.05) is 19.6 Å². The molecular weight excluding hydrogens is 296 g/mol. The van der Waals surface area contributed by atoms with Crippen molar-refractivity contribution >= 4 is 17.8 Å². The van der Waals surface area contributed by atoms with Gasteiger partial charge in [0.05, 0.1) is 5.56 Å². The Bertz CT molecular complexity index is 583. The monoisotopic (exact) mass is 318 g/mol. The van der Waals surface area contributed by atoms with Gasteiger partial charge in [0.1, 0.15) is 0 Å². The van der Waals surface area contributed by atoms with Gasteiger partial charge in [-0.05, 0) is 30.5 Å². The summed E-state index contributed by atoms with van der Waals surface area (Å²) < 4.78 is 0. The summed E-state index contributed by atoms with van der Waals surface area (Å²) in [5.74, 6) is -0.787. The molecule has 1 fully saturated rings. The molecule has 1 atom stereocenters. The van der Waals surface area contributed by atoms with E-state index in [1.54, 1.807) is 12.1 Å². The van der Waals surface area contributed by atoms with Crippen LogP contribution in [0.15, 0.2) is 24.3 Å². The van der Waals surface area contributed by atoms with E-state index in [4.69, 9.17) is 5.11 Å². The van der Waals surface area contributed by atoms with Crippen molar-refractivity contribution < 1.29 is 19.5 Å². The van der Waals surface area contributed by atoms with Gasteiger partial charge in [-0.2, -0.15) is 0 Å². The number of carbonyl (C=O) groups is 3. The minimum absolute atomic E-state index is 0.0469. The molecule has 0 bridgehead atoms. The summed E-state index contributed by atoms with van der Waals surface area (Å²) in [4.78, 5) is 35.8. The summed E-state index contributed by atoms with van der Waals surface area (Å²) in [6.45, 7) is 3.18. The average Bonchev–Trinajstić information content (AvgIpc) is 2.54. The smallest absolute Gasteiger partial charge is 0.335 e. The van der Waals surface area contributed by atoms with Gasteiger partial charge in [-0.15, -0.1) is 0 Å². The molecule has 0 radical (unpaired) electrons. The van der Waals surface area contributed by atoms with E-state index in [0.29, 0.717) is 19.5 Å². The molecule has 124 valence electrons. The molecule has 1 saturated heterocycles. The summed E-state index contributed by atoms with van der Waals surface area (Å²) in [6, 6.07) is 6.88. The maximum Gasteiger partial charge on any atom is 0.335 e. The second kappa shape index (κ2) is 7.76. The molecule has 6 heteroatoms. The molecule has 2 N–H and O–H groups in total. The molecule has 6 nitrogen and oxygen atoms in total. The van der Waals surface area contributed by atoms with E-state index >= 15 is 0 Å². The zero-order valence-electron chi connectivity index (χ0n) is 13.2. The van der Waals surface area contributed by atoms with Crippen LogP contribution in [-0.4, -0.2) is 47.4 Å². The number of rotatable bonds is 5. The number of piperidine rings is 1. The first-order valence-electron chi connectivity index (χ1n) is 7.83. The van der Waals surface area contributed by atoms with Gasteiger partial charge in [-0.1, -0.05) is 12.1 Å². The Kier molecular flexibility index (Phi) is 5.73. The van der Waals surface area contributed by atoms with Crippen LogP contribution in [0.2, 0.25) is 0 Å². The zero-order valence-corrected chi connectivity index (χ0v) is 13.2. The lowest BCUT2D eigenvalue weighted by atomic mass is 9.90. The summed E-state index contributed by atoms with van der Waals surface area (Å²) in [5.41, 5.74) is 1.34. The number of hydrogen-bond acceptors (Lipinski definition) is 3. The Labute approximate surface area is 135 Å². The van der Waals surface area contributed by atoms with Crippen molar-refractivity contribution in [3.05, 3.63) is 35.4 Å². The molecule has 0 unspecified atom stereocenters. The molecule has 0 aromatic heterocycles. The maximum atomic E-state index is 12.2. The number of nitrogens with one attached hydrogen (secondary N) is 1. The van der Waals surface area contributed by atoms with Gasteiger partial charge in [0, 0.05) is 38.9 Å². The van der Waals surface area contributed by atoms with E-state index in [9.17, 15) is 14.4 Å². The van der Waals surface area contributed by atoms with Crippen molar-refractivity contribution in [3.8, 4) is 0 Å². The van der Waals surface area contributed by atoms with Crippen LogP contribution in [0.4, 0.5) is 0 Å². The van der Waals surface area contributed by atoms with Crippen molar-refractivity contribution in [1.82, 2.24) is 10.2 Å². The number of carbonyl (C=O) groups excluding carboxylic acids is 2. The number of aromatic carboxylic acids is 1. The van der Waals surface area contributed by atoms with E-state index in [0.717, 1.165) is 24.9 Å². The Morgan fingerprint density at radius 2 is 1.96 bits per heavy atom. The Morgan fingerprint density at radius 3 is 2.57 bits per heavy atom. The van der Waals surface area contributed by atoms with E-state index in [-0.39, 0.29) is 23.3 Å². The third-order valence-corrected chi connectivity index (χ3v) is 4.12. The second-order valence-corrected chi connectivity index (χ2v) is 5.84. The molecule has 2 rings (SSSR count). The highest BCUT2D eigenvalue weighted by Gasteiger charge is 2.24. The topological polar surface area (TPSA) is 86.7 Å². The van der Waals surface area contributed by atoms with Crippen molar-refractivity contribution in [2.45, 2.75) is 32.1 Å². The minimum atomic E-state index is -0.935. The lowest BCUT2D eigenvalue weighted by Gasteiger charge is -2.33. The Hall–Kier alpha value is -2.37. The fraction of sp³-hybridized carbons (Fsp3) is 0.471. The van der Waals surface area contributed by atoms with Crippen LogP contribution in [0.1, 0.15) is 48.0 Å². The lowest BCUT2D eigenvalue weighted by Crippen LogP contribution is -2.40. The van der Waals surface area contributed by atoms with E-state index in [2.05, 4.69) is 5.32 Å². The van der Waals surface area contributed by atoms with Crippen LogP contribution in [0.5, 0.6) is 0 Å². The van der Waals surface area contributed by atoms with Gasteiger partial charge in [-0.25, -0.2) is 4.79 Å². The molecule has 1 aromatic carbocycles. The number of carboxylic acids is 1.